The van der Waals surface area contributed by atoms with E-state index < -0.39 is 29.0 Å². The maximum absolute atomic E-state index is 13.4. The Morgan fingerprint density at radius 1 is 1.11 bits per heavy atom. The van der Waals surface area contributed by atoms with E-state index in [1.807, 2.05) is 20.8 Å². The Kier molecular flexibility index (Phi) is 5.12. The van der Waals surface area contributed by atoms with Crippen molar-refractivity contribution in [3.05, 3.63) is 29.3 Å². The predicted octanol–water partition coefficient (Wildman–Crippen LogP) is 4.21. The largest absolute Gasteiger partial charge is 0.487 e. The van der Waals surface area contributed by atoms with E-state index in [2.05, 4.69) is 12.6 Å². The first-order valence-corrected chi connectivity index (χ1v) is 6.38. The zero-order valence-electron chi connectivity index (χ0n) is 10.9. The third-order valence-corrected chi connectivity index (χ3v) is 3.39. The van der Waals surface area contributed by atoms with E-state index in [4.69, 9.17) is 4.74 Å². The Labute approximate surface area is 115 Å². The van der Waals surface area contributed by atoms with Gasteiger partial charge in [-0.1, -0.05) is 20.8 Å². The highest BCUT2D eigenvalue weighted by Crippen LogP contribution is 2.30. The molecule has 0 aliphatic rings. The predicted molar refractivity (Wildman–Crippen MR) is 68.6 cm³/mol. The molecule has 0 N–H and O–H groups in total. The molecule has 0 aliphatic carbocycles. The molecule has 108 valence electrons. The molecule has 0 aliphatic heterocycles. The normalized spacial score (nSPS) is 13.5. The van der Waals surface area contributed by atoms with Gasteiger partial charge in [-0.2, -0.15) is 21.4 Å². The summed E-state index contributed by atoms with van der Waals surface area (Å²) in [7, 11) is 0. The number of benzene rings is 1. The van der Waals surface area contributed by atoms with Crippen molar-refractivity contribution in [1.82, 2.24) is 0 Å². The molecule has 0 spiro atoms. The van der Waals surface area contributed by atoms with Crippen LogP contribution in [0.5, 0.6) is 5.75 Å². The molecule has 19 heavy (non-hydrogen) atoms. The number of thiol groups is 1. The van der Waals surface area contributed by atoms with E-state index in [-0.39, 0.29) is 24.0 Å². The Bertz CT molecular complexity index is 431. The van der Waals surface area contributed by atoms with E-state index in [9.17, 15) is 17.6 Å². The van der Waals surface area contributed by atoms with Crippen molar-refractivity contribution in [2.45, 2.75) is 20.8 Å². The lowest BCUT2D eigenvalue weighted by Gasteiger charge is -2.29. The molecular formula is C13H16F4OS. The molecule has 1 rings (SSSR count). The summed E-state index contributed by atoms with van der Waals surface area (Å²) in [6, 6.07) is 0.150. The molecule has 1 aromatic carbocycles. The minimum atomic E-state index is -1.52. The molecule has 0 radical (unpaired) electrons. The van der Waals surface area contributed by atoms with Crippen LogP contribution in [0.25, 0.3) is 0 Å². The van der Waals surface area contributed by atoms with Crippen molar-refractivity contribution in [3.8, 4) is 5.75 Å². The van der Waals surface area contributed by atoms with Crippen LogP contribution in [0, 0.1) is 34.6 Å². The third kappa shape index (κ3) is 3.78. The van der Waals surface area contributed by atoms with Crippen molar-refractivity contribution < 1.29 is 22.3 Å². The first-order valence-electron chi connectivity index (χ1n) is 5.75. The summed E-state index contributed by atoms with van der Waals surface area (Å²) < 4.78 is 57.6. The number of hydrogen-bond acceptors (Lipinski definition) is 2. The van der Waals surface area contributed by atoms with Gasteiger partial charge in [-0.05, 0) is 11.2 Å². The third-order valence-electron chi connectivity index (χ3n) is 2.95. The lowest BCUT2D eigenvalue weighted by molar-refractivity contribution is 0.154. The van der Waals surface area contributed by atoms with Gasteiger partial charge in [0.1, 0.15) is 0 Å². The Morgan fingerprint density at radius 2 is 1.58 bits per heavy atom. The van der Waals surface area contributed by atoms with Crippen LogP contribution in [0.15, 0.2) is 6.07 Å². The van der Waals surface area contributed by atoms with E-state index in [0.29, 0.717) is 5.75 Å². The highest BCUT2D eigenvalue weighted by Gasteiger charge is 2.26. The van der Waals surface area contributed by atoms with Gasteiger partial charge in [0.2, 0.25) is 11.6 Å². The zero-order chi connectivity index (χ0) is 14.8. The number of ether oxygens (including phenoxy) is 1. The summed E-state index contributed by atoms with van der Waals surface area (Å²) >= 11 is 4.13. The highest BCUT2D eigenvalue weighted by atomic mass is 32.1. The molecule has 0 saturated carbocycles. The standard InChI is InChI=1S/C13H16F4OS/c1-13(2,3)7(6-19)5-18-12-10(16)8(14)4-9(15)11(12)17/h4,7,19H,5-6H2,1-3H3. The van der Waals surface area contributed by atoms with E-state index >= 15 is 0 Å². The van der Waals surface area contributed by atoms with Crippen molar-refractivity contribution >= 4 is 12.6 Å². The average molecular weight is 296 g/mol. The minimum Gasteiger partial charge on any atom is -0.487 e. The Morgan fingerprint density at radius 3 is 1.95 bits per heavy atom. The molecule has 1 unspecified atom stereocenters. The molecule has 0 bridgehead atoms. The van der Waals surface area contributed by atoms with Crippen LogP contribution >= 0.6 is 12.6 Å². The quantitative estimate of drug-likeness (QED) is 0.497. The molecule has 0 aromatic heterocycles. The molecule has 1 nitrogen and oxygen atoms in total. The molecule has 6 heteroatoms. The summed E-state index contributed by atoms with van der Waals surface area (Å²) in [5.74, 6) is -6.73. The molecule has 0 saturated heterocycles. The highest BCUT2D eigenvalue weighted by molar-refractivity contribution is 7.80. The van der Waals surface area contributed by atoms with Gasteiger partial charge in [0.05, 0.1) is 6.61 Å². The fourth-order valence-corrected chi connectivity index (χ4v) is 2.09. The van der Waals surface area contributed by atoms with Crippen LogP contribution in [0.2, 0.25) is 0 Å². The van der Waals surface area contributed by atoms with E-state index in [1.54, 1.807) is 0 Å². The molecule has 0 heterocycles. The number of rotatable bonds is 4. The number of halogens is 4. The topological polar surface area (TPSA) is 9.23 Å². The van der Waals surface area contributed by atoms with Gasteiger partial charge < -0.3 is 4.74 Å². The van der Waals surface area contributed by atoms with Crippen molar-refractivity contribution in [3.63, 3.8) is 0 Å². The van der Waals surface area contributed by atoms with Crippen LogP contribution in [-0.4, -0.2) is 12.4 Å². The molecule has 0 amide bonds. The van der Waals surface area contributed by atoms with Crippen LogP contribution in [0.4, 0.5) is 17.6 Å². The fourth-order valence-electron chi connectivity index (χ4n) is 1.44. The molecular weight excluding hydrogens is 280 g/mol. The maximum Gasteiger partial charge on any atom is 0.203 e. The van der Waals surface area contributed by atoms with Crippen LogP contribution < -0.4 is 4.74 Å². The Balaban J connectivity index is 2.95. The fraction of sp³-hybridized carbons (Fsp3) is 0.538. The second kappa shape index (κ2) is 6.03. The van der Waals surface area contributed by atoms with Crippen molar-refractivity contribution in [1.29, 1.82) is 0 Å². The van der Waals surface area contributed by atoms with Gasteiger partial charge in [0.15, 0.2) is 17.4 Å². The summed E-state index contributed by atoms with van der Waals surface area (Å²) in [5.41, 5.74) is -0.208. The van der Waals surface area contributed by atoms with Crippen LogP contribution in [0.1, 0.15) is 20.8 Å². The first-order chi connectivity index (χ1) is 8.68. The molecule has 1 aromatic rings. The Hall–Kier alpha value is -0.910. The number of hydrogen-bond donors (Lipinski definition) is 1. The second-order valence-corrected chi connectivity index (χ2v) is 5.72. The first kappa shape index (κ1) is 16.1. The van der Waals surface area contributed by atoms with Crippen LogP contribution in [0.3, 0.4) is 0 Å². The van der Waals surface area contributed by atoms with Crippen LogP contribution in [-0.2, 0) is 0 Å². The van der Waals surface area contributed by atoms with Gasteiger partial charge in [0.25, 0.3) is 0 Å². The summed E-state index contributed by atoms with van der Waals surface area (Å²) in [6.07, 6.45) is 0. The van der Waals surface area contributed by atoms with Gasteiger partial charge in [-0.15, -0.1) is 0 Å². The molecule has 1 atom stereocenters. The second-order valence-electron chi connectivity index (χ2n) is 5.35. The molecule has 0 fully saturated rings. The van der Waals surface area contributed by atoms with Gasteiger partial charge >= 0.3 is 0 Å². The minimum absolute atomic E-state index is 0.0796. The monoisotopic (exact) mass is 296 g/mol. The summed E-state index contributed by atoms with van der Waals surface area (Å²) in [4.78, 5) is 0. The SMILES string of the molecule is CC(C)(C)C(CS)COc1c(F)c(F)cc(F)c1F. The van der Waals surface area contributed by atoms with Crippen molar-refractivity contribution in [2.24, 2.45) is 11.3 Å². The average Bonchev–Trinajstić information content (AvgIpc) is 2.29. The van der Waals surface area contributed by atoms with Crippen molar-refractivity contribution in [2.75, 3.05) is 12.4 Å². The zero-order valence-corrected chi connectivity index (χ0v) is 11.8. The smallest absolute Gasteiger partial charge is 0.203 e. The lowest BCUT2D eigenvalue weighted by Crippen LogP contribution is -2.28. The van der Waals surface area contributed by atoms with Gasteiger partial charge in [-0.25, -0.2) is 8.78 Å². The summed E-state index contributed by atoms with van der Waals surface area (Å²) in [6.45, 7) is 5.66. The maximum atomic E-state index is 13.4. The van der Waals surface area contributed by atoms with Gasteiger partial charge in [0, 0.05) is 12.0 Å². The summed E-state index contributed by atoms with van der Waals surface area (Å²) in [5, 5.41) is 0. The lowest BCUT2D eigenvalue weighted by atomic mass is 9.82. The van der Waals surface area contributed by atoms with Gasteiger partial charge in [-0.3, -0.25) is 0 Å². The van der Waals surface area contributed by atoms with E-state index in [1.165, 1.54) is 0 Å². The van der Waals surface area contributed by atoms with E-state index in [0.717, 1.165) is 0 Å².